The maximum Gasteiger partial charge on any atom is 0.286 e. The van der Waals surface area contributed by atoms with Gasteiger partial charge in [-0.05, 0) is 24.4 Å². The summed E-state index contributed by atoms with van der Waals surface area (Å²) in [5.74, 6) is 0. The molecule has 13 heavy (non-hydrogen) atoms. The molecule has 0 aliphatic heterocycles. The molecule has 0 radical (unpaired) electrons. The van der Waals surface area contributed by atoms with Gasteiger partial charge in [0.25, 0.3) is 5.56 Å². The minimum atomic E-state index is -0.587. The molecule has 0 fully saturated rings. The summed E-state index contributed by atoms with van der Waals surface area (Å²) in [4.78, 5) is 11.5. The second-order valence-electron chi connectivity index (χ2n) is 2.96. The van der Waals surface area contributed by atoms with Gasteiger partial charge in [0, 0.05) is 5.39 Å². The zero-order valence-electron chi connectivity index (χ0n) is 7.12. The first-order valence-electron chi connectivity index (χ1n) is 3.98. The minimum Gasteiger partial charge on any atom is -0.266 e. The van der Waals surface area contributed by atoms with Crippen molar-refractivity contribution in [3.05, 3.63) is 46.4 Å². The summed E-state index contributed by atoms with van der Waals surface area (Å²) in [6, 6.07) is 8.61. The Labute approximate surface area is 74.2 Å². The Morgan fingerprint density at radius 1 is 1.31 bits per heavy atom. The Balaban J connectivity index is 3.03. The van der Waals surface area contributed by atoms with E-state index in [-0.39, 0.29) is 4.79 Å². The topological polar surface area (TPSA) is 22.0 Å². The molecule has 0 amide bonds. The van der Waals surface area contributed by atoms with Gasteiger partial charge in [0.05, 0.1) is 5.69 Å². The van der Waals surface area contributed by atoms with E-state index in [1.165, 1.54) is 0 Å². The Morgan fingerprint density at radius 3 is 2.77 bits per heavy atom. The van der Waals surface area contributed by atoms with Gasteiger partial charge in [0.2, 0.25) is 0 Å². The van der Waals surface area contributed by atoms with Crippen LogP contribution < -0.4 is 5.56 Å². The van der Waals surface area contributed by atoms with Gasteiger partial charge in [-0.1, -0.05) is 22.7 Å². The molecule has 0 spiro atoms. The van der Waals surface area contributed by atoms with Crippen LogP contribution >= 0.6 is 0 Å². The quantitative estimate of drug-likeness (QED) is 0.603. The van der Waals surface area contributed by atoms with Crippen molar-refractivity contribution in [2.45, 2.75) is 6.92 Å². The second kappa shape index (κ2) is 2.69. The van der Waals surface area contributed by atoms with Crippen molar-refractivity contribution in [1.29, 1.82) is 0 Å². The van der Waals surface area contributed by atoms with Crippen LogP contribution in [-0.4, -0.2) is 4.79 Å². The predicted molar refractivity (Wildman–Crippen MR) is 49.5 cm³/mol. The van der Waals surface area contributed by atoms with Crippen LogP contribution in [0.3, 0.4) is 0 Å². The van der Waals surface area contributed by atoms with E-state index < -0.39 is 5.56 Å². The van der Waals surface area contributed by atoms with E-state index in [2.05, 4.69) is 0 Å². The average molecular weight is 177 g/mol. The van der Waals surface area contributed by atoms with E-state index in [1.807, 2.05) is 6.07 Å². The summed E-state index contributed by atoms with van der Waals surface area (Å²) in [6.45, 7) is 1.56. The molecule has 0 N–H and O–H groups in total. The lowest BCUT2D eigenvalue weighted by Gasteiger charge is -2.01. The molecule has 0 saturated heterocycles. The summed E-state index contributed by atoms with van der Waals surface area (Å²) >= 11 is 0. The molecule has 0 bridgehead atoms. The third kappa shape index (κ3) is 1.13. The number of fused-ring (bicyclic) bond motifs is 1. The Morgan fingerprint density at radius 2 is 2.00 bits per heavy atom. The fourth-order valence-corrected chi connectivity index (χ4v) is 1.37. The molecule has 0 saturated carbocycles. The summed E-state index contributed by atoms with van der Waals surface area (Å²) in [6.07, 6.45) is 0. The van der Waals surface area contributed by atoms with E-state index in [1.54, 1.807) is 31.2 Å². The van der Waals surface area contributed by atoms with Crippen LogP contribution in [0.5, 0.6) is 0 Å². The molecule has 0 unspecified atom stereocenters. The van der Waals surface area contributed by atoms with Crippen molar-refractivity contribution in [3.8, 4) is 0 Å². The fourth-order valence-electron chi connectivity index (χ4n) is 1.37. The van der Waals surface area contributed by atoms with Crippen LogP contribution in [0.2, 0.25) is 0 Å². The largest absolute Gasteiger partial charge is 0.286 e. The number of halogens is 1. The molecule has 2 aromatic rings. The first-order valence-corrected chi connectivity index (χ1v) is 3.98. The van der Waals surface area contributed by atoms with E-state index in [4.69, 9.17) is 0 Å². The molecule has 2 rings (SSSR count). The van der Waals surface area contributed by atoms with Gasteiger partial charge < -0.3 is 0 Å². The summed E-state index contributed by atoms with van der Waals surface area (Å²) in [5.41, 5.74) is -0.265. The SMILES string of the molecule is Cc1cc2ccccc2c(=O)n1F. The van der Waals surface area contributed by atoms with Crippen LogP contribution in [0.25, 0.3) is 10.8 Å². The van der Waals surface area contributed by atoms with Gasteiger partial charge in [-0.15, -0.1) is 4.79 Å². The zero-order valence-corrected chi connectivity index (χ0v) is 7.12. The molecular weight excluding hydrogens is 169 g/mol. The number of benzene rings is 1. The maximum absolute atomic E-state index is 13.1. The Kier molecular flexibility index (Phi) is 1.65. The van der Waals surface area contributed by atoms with Crippen molar-refractivity contribution in [2.75, 3.05) is 0 Å². The number of hydrogen-bond acceptors (Lipinski definition) is 1. The number of aromatic nitrogens is 1. The molecule has 66 valence electrons. The van der Waals surface area contributed by atoms with Crippen molar-refractivity contribution in [2.24, 2.45) is 0 Å². The van der Waals surface area contributed by atoms with Gasteiger partial charge >= 0.3 is 0 Å². The number of hydrogen-bond donors (Lipinski definition) is 0. The van der Waals surface area contributed by atoms with Gasteiger partial charge in [-0.3, -0.25) is 4.79 Å². The molecule has 1 aromatic carbocycles. The normalized spacial score (nSPS) is 10.6. The van der Waals surface area contributed by atoms with Crippen LogP contribution in [0.4, 0.5) is 4.48 Å². The lowest BCUT2D eigenvalue weighted by molar-refractivity contribution is 0.345. The number of nitrogens with zero attached hydrogens (tertiary/aromatic N) is 1. The smallest absolute Gasteiger partial charge is 0.266 e. The minimum absolute atomic E-state index is 0.169. The molecular formula is C10H8FNO. The van der Waals surface area contributed by atoms with Crippen molar-refractivity contribution in [1.82, 2.24) is 4.79 Å². The summed E-state index contributed by atoms with van der Waals surface area (Å²) < 4.78 is 13.1. The molecule has 0 aliphatic carbocycles. The highest BCUT2D eigenvalue weighted by Crippen LogP contribution is 2.10. The van der Waals surface area contributed by atoms with Crippen LogP contribution in [-0.2, 0) is 0 Å². The van der Waals surface area contributed by atoms with Gasteiger partial charge in [-0.2, -0.15) is 0 Å². The van der Waals surface area contributed by atoms with Crippen molar-refractivity contribution < 1.29 is 4.48 Å². The summed E-state index contributed by atoms with van der Waals surface area (Å²) in [5, 5.41) is 1.19. The van der Waals surface area contributed by atoms with Gasteiger partial charge in [0.1, 0.15) is 0 Å². The van der Waals surface area contributed by atoms with E-state index in [0.29, 0.717) is 11.1 Å². The molecule has 1 heterocycles. The van der Waals surface area contributed by atoms with E-state index in [0.717, 1.165) is 5.39 Å². The highest BCUT2D eigenvalue weighted by atomic mass is 19.2. The highest BCUT2D eigenvalue weighted by molar-refractivity contribution is 5.81. The van der Waals surface area contributed by atoms with E-state index in [9.17, 15) is 9.28 Å². The molecule has 1 aromatic heterocycles. The Bertz CT molecular complexity index is 516. The lowest BCUT2D eigenvalue weighted by atomic mass is 10.1. The van der Waals surface area contributed by atoms with Crippen LogP contribution in [0.1, 0.15) is 5.69 Å². The fraction of sp³-hybridized carbons (Fsp3) is 0.100. The summed E-state index contributed by atoms with van der Waals surface area (Å²) in [7, 11) is 0. The highest BCUT2D eigenvalue weighted by Gasteiger charge is 2.03. The zero-order chi connectivity index (χ0) is 9.42. The molecule has 0 aliphatic rings. The number of aryl methyl sites for hydroxylation is 1. The third-order valence-electron chi connectivity index (χ3n) is 2.04. The maximum atomic E-state index is 13.1. The lowest BCUT2D eigenvalue weighted by Crippen LogP contribution is -2.15. The first-order chi connectivity index (χ1) is 6.20. The second-order valence-corrected chi connectivity index (χ2v) is 2.96. The molecule has 2 nitrogen and oxygen atoms in total. The number of rotatable bonds is 0. The van der Waals surface area contributed by atoms with E-state index >= 15 is 0 Å². The molecule has 3 heteroatoms. The van der Waals surface area contributed by atoms with Gasteiger partial charge in [0.15, 0.2) is 0 Å². The predicted octanol–water partition coefficient (Wildman–Crippen LogP) is 2.04. The third-order valence-corrected chi connectivity index (χ3v) is 2.04. The number of pyridine rings is 1. The van der Waals surface area contributed by atoms with Gasteiger partial charge in [-0.25, -0.2) is 0 Å². The standard InChI is InChI=1S/C10H8FNO/c1-7-6-8-4-2-3-5-9(8)10(13)12(7)11/h2-6H,1H3. The first kappa shape index (κ1) is 7.98. The monoisotopic (exact) mass is 177 g/mol. The van der Waals surface area contributed by atoms with Crippen molar-refractivity contribution in [3.63, 3.8) is 0 Å². The van der Waals surface area contributed by atoms with Crippen molar-refractivity contribution >= 4 is 10.8 Å². The van der Waals surface area contributed by atoms with Crippen LogP contribution in [0, 0.1) is 6.92 Å². The van der Waals surface area contributed by atoms with Crippen LogP contribution in [0.15, 0.2) is 35.1 Å². The molecule has 0 atom stereocenters. The average Bonchev–Trinajstić information content (AvgIpc) is 2.15. The Hall–Kier alpha value is -1.64.